The molecule has 0 fully saturated rings. The van der Waals surface area contributed by atoms with Crippen LogP contribution >= 0.6 is 34.7 Å². The second kappa shape index (κ2) is 8.10. The van der Waals surface area contributed by atoms with E-state index in [1.807, 2.05) is 23.1 Å². The number of allylic oxidation sites excluding steroid dienone is 6. The first-order chi connectivity index (χ1) is 14.6. The zero-order valence-corrected chi connectivity index (χ0v) is 19.3. The van der Waals surface area contributed by atoms with Gasteiger partial charge in [0.1, 0.15) is 11.7 Å². The fourth-order valence-electron chi connectivity index (χ4n) is 3.88. The van der Waals surface area contributed by atoms with Gasteiger partial charge in [-0.25, -0.2) is 0 Å². The highest BCUT2D eigenvalue weighted by Gasteiger charge is 2.22. The molecule has 2 nitrogen and oxygen atoms in total. The molecular weight excluding hydrogens is 428 g/mol. The Morgan fingerprint density at radius 3 is 2.63 bits per heavy atom. The zero-order chi connectivity index (χ0) is 20.7. The van der Waals surface area contributed by atoms with Crippen LogP contribution in [0.5, 0.6) is 0 Å². The van der Waals surface area contributed by atoms with Crippen molar-refractivity contribution in [2.24, 2.45) is 7.05 Å². The molecule has 2 heterocycles. The first kappa shape index (κ1) is 19.7. The van der Waals surface area contributed by atoms with Crippen LogP contribution in [-0.2, 0) is 7.05 Å². The fraction of sp³-hybridized carbons (Fsp3) is 0.160. The van der Waals surface area contributed by atoms with E-state index in [0.717, 1.165) is 17.9 Å². The Labute approximate surface area is 190 Å². The number of hydrogen-bond donors (Lipinski definition) is 0. The number of benzene rings is 2. The lowest BCUT2D eigenvalue weighted by molar-refractivity contribution is -0.642. The van der Waals surface area contributed by atoms with Crippen LogP contribution in [0.3, 0.4) is 0 Å². The molecule has 1 aromatic heterocycles. The predicted octanol–water partition coefficient (Wildman–Crippen LogP) is 7.04. The third-order valence-electron chi connectivity index (χ3n) is 5.63. The van der Waals surface area contributed by atoms with Gasteiger partial charge in [-0.15, -0.1) is 0 Å². The van der Waals surface area contributed by atoms with Gasteiger partial charge in [-0.3, -0.25) is 0 Å². The average molecular weight is 450 g/mol. The SMILES string of the molecule is CN1/C(=C\C=C2/CCC(/C=C/c3sc4ccccc4[n+]3C)=C2Cl)Sc2ccccc21. The molecule has 3 aromatic rings. The van der Waals surface area contributed by atoms with Crippen molar-refractivity contribution in [1.82, 2.24) is 0 Å². The lowest BCUT2D eigenvalue weighted by Crippen LogP contribution is -2.28. The van der Waals surface area contributed by atoms with Gasteiger partial charge >= 0.3 is 0 Å². The van der Waals surface area contributed by atoms with Crippen LogP contribution in [0.15, 0.2) is 92.9 Å². The summed E-state index contributed by atoms with van der Waals surface area (Å²) in [4.78, 5) is 3.55. The van der Waals surface area contributed by atoms with E-state index >= 15 is 0 Å². The molecule has 2 aromatic carbocycles. The highest BCUT2D eigenvalue weighted by molar-refractivity contribution is 8.03. The Kier molecular flexibility index (Phi) is 5.32. The van der Waals surface area contributed by atoms with E-state index < -0.39 is 0 Å². The number of para-hydroxylation sites is 2. The molecule has 0 atom stereocenters. The molecule has 5 heteroatoms. The van der Waals surface area contributed by atoms with Crippen molar-refractivity contribution in [2.45, 2.75) is 17.7 Å². The lowest BCUT2D eigenvalue weighted by Gasteiger charge is -2.12. The summed E-state index contributed by atoms with van der Waals surface area (Å²) in [5.74, 6) is 0. The van der Waals surface area contributed by atoms with Crippen molar-refractivity contribution < 1.29 is 4.57 Å². The molecule has 0 amide bonds. The Morgan fingerprint density at radius 1 is 1.00 bits per heavy atom. The predicted molar refractivity (Wildman–Crippen MR) is 131 cm³/mol. The van der Waals surface area contributed by atoms with Crippen molar-refractivity contribution in [1.29, 1.82) is 0 Å². The Balaban J connectivity index is 1.37. The normalized spacial score (nSPS) is 19.2. The molecule has 2 aliphatic rings. The van der Waals surface area contributed by atoms with E-state index in [2.05, 4.69) is 96.4 Å². The molecular formula is C25H22ClN2S2+. The lowest BCUT2D eigenvalue weighted by atomic mass is 10.2. The van der Waals surface area contributed by atoms with Gasteiger partial charge < -0.3 is 4.90 Å². The molecule has 150 valence electrons. The molecule has 1 aliphatic carbocycles. The van der Waals surface area contributed by atoms with Crippen LogP contribution < -0.4 is 9.47 Å². The van der Waals surface area contributed by atoms with Gasteiger partial charge in [0.05, 0.1) is 10.7 Å². The minimum atomic E-state index is 0.898. The van der Waals surface area contributed by atoms with Crippen LogP contribution in [0, 0.1) is 0 Å². The van der Waals surface area contributed by atoms with Crippen molar-refractivity contribution in [3.05, 3.63) is 93.0 Å². The number of aromatic nitrogens is 1. The third-order valence-corrected chi connectivity index (χ3v) is 8.48. The standard InChI is InChI=1S/C25H22ClN2S2/c1-27-19-7-3-5-9-21(19)29-23(27)15-13-17-11-12-18(25(17)26)14-16-24-28(2)20-8-4-6-10-22(20)30-24/h3-10,13-16H,11-12H2,1-2H3/q+1. The topological polar surface area (TPSA) is 7.12 Å². The van der Waals surface area contributed by atoms with E-state index in [-0.39, 0.29) is 0 Å². The minimum Gasteiger partial charge on any atom is -0.338 e. The van der Waals surface area contributed by atoms with Crippen LogP contribution in [0.25, 0.3) is 16.3 Å². The Bertz CT molecular complexity index is 1260. The van der Waals surface area contributed by atoms with Gasteiger partial charge in [-0.05, 0) is 48.3 Å². The van der Waals surface area contributed by atoms with E-state index in [1.54, 1.807) is 0 Å². The quantitative estimate of drug-likeness (QED) is 0.396. The average Bonchev–Trinajstić information content (AvgIpc) is 3.39. The summed E-state index contributed by atoms with van der Waals surface area (Å²) in [6.07, 6.45) is 10.7. The second-order valence-electron chi connectivity index (χ2n) is 7.47. The first-order valence-electron chi connectivity index (χ1n) is 9.98. The van der Waals surface area contributed by atoms with E-state index in [1.165, 1.54) is 42.0 Å². The van der Waals surface area contributed by atoms with Gasteiger partial charge in [-0.2, -0.15) is 4.57 Å². The molecule has 30 heavy (non-hydrogen) atoms. The number of halogens is 1. The molecule has 0 bridgehead atoms. The fourth-order valence-corrected chi connectivity index (χ4v) is 6.30. The summed E-state index contributed by atoms with van der Waals surface area (Å²) in [6, 6.07) is 17.0. The van der Waals surface area contributed by atoms with Gasteiger partial charge in [0.25, 0.3) is 5.01 Å². The number of thiazole rings is 1. The number of rotatable bonds is 3. The summed E-state index contributed by atoms with van der Waals surface area (Å²) in [5, 5.41) is 3.36. The zero-order valence-electron chi connectivity index (χ0n) is 16.9. The summed E-state index contributed by atoms with van der Waals surface area (Å²) in [6.45, 7) is 0. The Hall–Kier alpha value is -2.27. The van der Waals surface area contributed by atoms with Gasteiger partial charge in [0, 0.05) is 29.1 Å². The van der Waals surface area contributed by atoms with Crippen LogP contribution in [0.1, 0.15) is 17.8 Å². The molecule has 0 spiro atoms. The highest BCUT2D eigenvalue weighted by atomic mass is 35.5. The second-order valence-corrected chi connectivity index (χ2v) is 9.97. The van der Waals surface area contributed by atoms with Crippen molar-refractivity contribution >= 4 is 56.7 Å². The molecule has 0 unspecified atom stereocenters. The van der Waals surface area contributed by atoms with Gasteiger partial charge in [-0.1, -0.05) is 71.1 Å². The largest absolute Gasteiger partial charge is 0.338 e. The highest BCUT2D eigenvalue weighted by Crippen LogP contribution is 2.45. The summed E-state index contributed by atoms with van der Waals surface area (Å²) < 4.78 is 3.55. The maximum atomic E-state index is 6.75. The molecule has 0 N–H and O–H groups in total. The number of anilines is 1. The summed E-state index contributed by atoms with van der Waals surface area (Å²) >= 11 is 10.4. The molecule has 5 rings (SSSR count). The maximum absolute atomic E-state index is 6.75. The van der Waals surface area contributed by atoms with Gasteiger partial charge in [0.2, 0.25) is 5.52 Å². The van der Waals surface area contributed by atoms with Crippen LogP contribution in [-0.4, -0.2) is 7.05 Å². The molecule has 0 saturated carbocycles. The number of hydrogen-bond acceptors (Lipinski definition) is 3. The number of fused-ring (bicyclic) bond motifs is 2. The van der Waals surface area contributed by atoms with Crippen LogP contribution in [0.2, 0.25) is 0 Å². The molecule has 1 aliphatic heterocycles. The molecule has 0 saturated heterocycles. The van der Waals surface area contributed by atoms with Crippen molar-refractivity contribution in [2.75, 3.05) is 11.9 Å². The third kappa shape index (κ3) is 3.53. The number of aryl methyl sites for hydroxylation is 1. The number of thioether (sulfide) groups is 1. The van der Waals surface area contributed by atoms with E-state index in [4.69, 9.17) is 11.6 Å². The minimum absolute atomic E-state index is 0.898. The summed E-state index contributed by atoms with van der Waals surface area (Å²) in [5.41, 5.74) is 4.96. The molecule has 0 radical (unpaired) electrons. The first-order valence-corrected chi connectivity index (χ1v) is 12.0. The van der Waals surface area contributed by atoms with Crippen molar-refractivity contribution in [3.63, 3.8) is 0 Å². The monoisotopic (exact) mass is 449 g/mol. The van der Waals surface area contributed by atoms with Crippen LogP contribution in [0.4, 0.5) is 5.69 Å². The summed E-state index contributed by atoms with van der Waals surface area (Å²) in [7, 11) is 4.24. The van der Waals surface area contributed by atoms with E-state index in [9.17, 15) is 0 Å². The Morgan fingerprint density at radius 2 is 1.80 bits per heavy atom. The smallest absolute Gasteiger partial charge is 0.262 e. The number of nitrogens with zero attached hydrogens (tertiary/aromatic N) is 2. The van der Waals surface area contributed by atoms with Crippen molar-refractivity contribution in [3.8, 4) is 0 Å². The van der Waals surface area contributed by atoms with E-state index in [0.29, 0.717) is 0 Å². The maximum Gasteiger partial charge on any atom is 0.262 e. The van der Waals surface area contributed by atoms with Gasteiger partial charge in [0.15, 0.2) is 0 Å².